The Bertz CT molecular complexity index is 700. The minimum atomic E-state index is -0.474. The van der Waals surface area contributed by atoms with E-state index in [4.69, 9.17) is 0 Å². The Morgan fingerprint density at radius 1 is 1.00 bits per heavy atom. The number of anilines is 2. The first-order valence-electron chi connectivity index (χ1n) is 7.54. The molecule has 23 heavy (non-hydrogen) atoms. The molecule has 2 aromatic rings. The highest BCUT2D eigenvalue weighted by Gasteiger charge is 2.23. The second-order valence-electron chi connectivity index (χ2n) is 5.38. The molecule has 1 saturated heterocycles. The molecule has 2 heterocycles. The van der Waals surface area contributed by atoms with E-state index in [-0.39, 0.29) is 11.5 Å². The molecule has 7 heteroatoms. The lowest BCUT2D eigenvalue weighted by atomic mass is 10.2. The van der Waals surface area contributed by atoms with Crippen molar-refractivity contribution in [1.29, 1.82) is 0 Å². The third-order valence-electron chi connectivity index (χ3n) is 4.01. The zero-order valence-corrected chi connectivity index (χ0v) is 12.8. The second-order valence-corrected chi connectivity index (χ2v) is 5.38. The van der Waals surface area contributed by atoms with Crippen LogP contribution in [-0.2, 0) is 6.42 Å². The van der Waals surface area contributed by atoms with E-state index in [2.05, 4.69) is 9.97 Å². The molecule has 0 amide bonds. The maximum absolute atomic E-state index is 14.3. The van der Waals surface area contributed by atoms with Crippen LogP contribution in [0, 0.1) is 17.5 Å². The zero-order chi connectivity index (χ0) is 16.4. The molecule has 1 aromatic carbocycles. The summed E-state index contributed by atoms with van der Waals surface area (Å²) in [4.78, 5) is 11.5. The average Bonchev–Trinajstić information content (AvgIpc) is 2.57. The van der Waals surface area contributed by atoms with Gasteiger partial charge in [0.05, 0.1) is 11.4 Å². The van der Waals surface area contributed by atoms with Crippen LogP contribution in [0.5, 0.6) is 0 Å². The lowest BCUT2D eigenvalue weighted by Crippen LogP contribution is -2.47. The van der Waals surface area contributed by atoms with Crippen molar-refractivity contribution in [2.45, 2.75) is 13.3 Å². The molecule has 0 bridgehead atoms. The van der Waals surface area contributed by atoms with Gasteiger partial charge < -0.3 is 9.80 Å². The topological polar surface area (TPSA) is 32.3 Å². The molecule has 0 aliphatic carbocycles. The Labute approximate surface area is 132 Å². The van der Waals surface area contributed by atoms with E-state index in [1.807, 2.05) is 11.8 Å². The van der Waals surface area contributed by atoms with E-state index >= 15 is 0 Å². The second kappa shape index (κ2) is 6.44. The number of benzene rings is 1. The van der Waals surface area contributed by atoms with Crippen LogP contribution in [0.1, 0.15) is 12.6 Å². The summed E-state index contributed by atoms with van der Waals surface area (Å²) in [5, 5.41) is 0. The average molecular weight is 322 g/mol. The predicted octanol–water partition coefficient (Wildman–Crippen LogP) is 2.78. The Morgan fingerprint density at radius 3 is 2.39 bits per heavy atom. The summed E-state index contributed by atoms with van der Waals surface area (Å²) in [7, 11) is 0. The molecule has 0 unspecified atom stereocenters. The summed E-state index contributed by atoms with van der Waals surface area (Å²) in [6, 6.07) is 3.40. The number of hydrogen-bond acceptors (Lipinski definition) is 4. The standard InChI is InChI=1S/C16H17F3N4/c1-2-13-15(19)16(21-10-20-13)23-7-5-22(6-8-23)14-9-11(17)3-4-12(14)18/h3-4,9-10H,2,5-8H2,1H3. The molecule has 4 nitrogen and oxygen atoms in total. The van der Waals surface area contributed by atoms with E-state index in [0.717, 1.165) is 12.1 Å². The summed E-state index contributed by atoms with van der Waals surface area (Å²) >= 11 is 0. The van der Waals surface area contributed by atoms with Crippen molar-refractivity contribution in [2.75, 3.05) is 36.0 Å². The van der Waals surface area contributed by atoms with E-state index in [0.29, 0.717) is 38.3 Å². The fraction of sp³-hybridized carbons (Fsp3) is 0.375. The van der Waals surface area contributed by atoms with E-state index in [1.165, 1.54) is 12.4 Å². The van der Waals surface area contributed by atoms with Gasteiger partial charge in [-0.15, -0.1) is 0 Å². The summed E-state index contributed by atoms with van der Waals surface area (Å²) in [6.07, 6.45) is 1.85. The number of piperazine rings is 1. The van der Waals surface area contributed by atoms with E-state index in [1.54, 1.807) is 4.90 Å². The van der Waals surface area contributed by atoms with Crippen molar-refractivity contribution in [1.82, 2.24) is 9.97 Å². The van der Waals surface area contributed by atoms with Gasteiger partial charge in [0.25, 0.3) is 0 Å². The van der Waals surface area contributed by atoms with Crippen molar-refractivity contribution in [3.8, 4) is 0 Å². The number of aryl methyl sites for hydroxylation is 1. The van der Waals surface area contributed by atoms with Gasteiger partial charge in [-0.05, 0) is 18.6 Å². The maximum atomic E-state index is 14.3. The highest BCUT2D eigenvalue weighted by Crippen LogP contribution is 2.24. The van der Waals surface area contributed by atoms with Gasteiger partial charge in [-0.2, -0.15) is 0 Å². The minimum Gasteiger partial charge on any atom is -0.366 e. The van der Waals surface area contributed by atoms with E-state index in [9.17, 15) is 13.2 Å². The van der Waals surface area contributed by atoms with Crippen molar-refractivity contribution in [3.05, 3.63) is 47.7 Å². The van der Waals surface area contributed by atoms with Crippen LogP contribution in [0.3, 0.4) is 0 Å². The Hall–Kier alpha value is -2.31. The van der Waals surface area contributed by atoms with Crippen molar-refractivity contribution >= 4 is 11.5 Å². The molecular formula is C16H17F3N4. The SMILES string of the molecule is CCc1ncnc(N2CCN(c3cc(F)ccc3F)CC2)c1F. The highest BCUT2D eigenvalue weighted by molar-refractivity contribution is 5.51. The number of rotatable bonds is 3. The largest absolute Gasteiger partial charge is 0.366 e. The minimum absolute atomic E-state index is 0.238. The normalized spacial score (nSPS) is 15.1. The van der Waals surface area contributed by atoms with Crippen LogP contribution in [0.25, 0.3) is 0 Å². The Balaban J connectivity index is 1.75. The molecule has 0 spiro atoms. The fourth-order valence-corrected chi connectivity index (χ4v) is 2.75. The van der Waals surface area contributed by atoms with Crippen molar-refractivity contribution in [2.24, 2.45) is 0 Å². The monoisotopic (exact) mass is 322 g/mol. The maximum Gasteiger partial charge on any atom is 0.187 e. The molecule has 1 aliphatic heterocycles. The van der Waals surface area contributed by atoms with Crippen LogP contribution in [0.4, 0.5) is 24.7 Å². The molecule has 3 rings (SSSR count). The first-order valence-corrected chi connectivity index (χ1v) is 7.54. The zero-order valence-electron chi connectivity index (χ0n) is 12.8. The van der Waals surface area contributed by atoms with Crippen molar-refractivity contribution < 1.29 is 13.2 Å². The summed E-state index contributed by atoms with van der Waals surface area (Å²) in [5.41, 5.74) is 0.621. The summed E-state index contributed by atoms with van der Waals surface area (Å²) in [5.74, 6) is -1.06. The number of hydrogen-bond donors (Lipinski definition) is 0. The van der Waals surface area contributed by atoms with Crippen LogP contribution in [0.2, 0.25) is 0 Å². The van der Waals surface area contributed by atoms with Crippen LogP contribution in [-0.4, -0.2) is 36.1 Å². The number of aromatic nitrogens is 2. The first-order chi connectivity index (χ1) is 11.1. The molecule has 0 atom stereocenters. The first kappa shape index (κ1) is 15.6. The van der Waals surface area contributed by atoms with Gasteiger partial charge in [-0.1, -0.05) is 6.92 Å². The lowest BCUT2D eigenvalue weighted by Gasteiger charge is -2.36. The predicted molar refractivity (Wildman–Crippen MR) is 82.2 cm³/mol. The summed E-state index contributed by atoms with van der Waals surface area (Å²) in [6.45, 7) is 3.72. The van der Waals surface area contributed by atoms with Gasteiger partial charge in [-0.3, -0.25) is 0 Å². The number of nitrogens with zero attached hydrogens (tertiary/aromatic N) is 4. The van der Waals surface area contributed by atoms with Gasteiger partial charge in [0, 0.05) is 32.2 Å². The molecule has 0 saturated carbocycles. The van der Waals surface area contributed by atoms with Gasteiger partial charge in [0.15, 0.2) is 11.6 Å². The molecule has 1 aliphatic rings. The molecule has 122 valence electrons. The number of halogens is 3. The Kier molecular flexibility index (Phi) is 4.36. The molecule has 0 radical (unpaired) electrons. The fourth-order valence-electron chi connectivity index (χ4n) is 2.75. The Morgan fingerprint density at radius 2 is 1.70 bits per heavy atom. The molecule has 1 fully saturated rings. The molecule has 1 aromatic heterocycles. The van der Waals surface area contributed by atoms with Gasteiger partial charge in [0.2, 0.25) is 0 Å². The summed E-state index contributed by atoms with van der Waals surface area (Å²) < 4.78 is 41.4. The quantitative estimate of drug-likeness (QED) is 0.870. The lowest BCUT2D eigenvalue weighted by molar-refractivity contribution is 0.558. The van der Waals surface area contributed by atoms with Crippen LogP contribution in [0.15, 0.2) is 24.5 Å². The van der Waals surface area contributed by atoms with E-state index < -0.39 is 17.5 Å². The van der Waals surface area contributed by atoms with Gasteiger partial charge in [-0.25, -0.2) is 23.1 Å². The smallest absolute Gasteiger partial charge is 0.187 e. The van der Waals surface area contributed by atoms with Crippen molar-refractivity contribution in [3.63, 3.8) is 0 Å². The van der Waals surface area contributed by atoms with Gasteiger partial charge in [0.1, 0.15) is 18.0 Å². The van der Waals surface area contributed by atoms with Crippen LogP contribution >= 0.6 is 0 Å². The van der Waals surface area contributed by atoms with Crippen LogP contribution < -0.4 is 9.80 Å². The van der Waals surface area contributed by atoms with Gasteiger partial charge >= 0.3 is 0 Å². The molecule has 0 N–H and O–H groups in total. The molecular weight excluding hydrogens is 305 g/mol. The highest BCUT2D eigenvalue weighted by atomic mass is 19.1. The third kappa shape index (κ3) is 3.09. The third-order valence-corrected chi connectivity index (χ3v) is 4.01.